The second kappa shape index (κ2) is 6.62. The van der Waals surface area contributed by atoms with Gasteiger partial charge in [0.1, 0.15) is 0 Å². The molecule has 1 aromatic carbocycles. The number of rotatable bonds is 5. The van der Waals surface area contributed by atoms with Crippen molar-refractivity contribution in [1.29, 1.82) is 0 Å². The molecule has 1 atom stereocenters. The lowest BCUT2D eigenvalue weighted by Gasteiger charge is -2.32. The van der Waals surface area contributed by atoms with Gasteiger partial charge in [-0.25, -0.2) is 0 Å². The fourth-order valence-corrected chi connectivity index (χ4v) is 2.25. The number of allylic oxidation sites excluding steroid dienone is 1. The topological polar surface area (TPSA) is 32.3 Å². The van der Waals surface area contributed by atoms with Gasteiger partial charge in [-0.15, -0.1) is 11.6 Å². The van der Waals surface area contributed by atoms with E-state index in [1.54, 1.807) is 6.08 Å². The second-order valence-electron chi connectivity index (χ2n) is 4.57. The number of nitrogens with zero attached hydrogens (tertiary/aromatic N) is 1. The van der Waals surface area contributed by atoms with Crippen LogP contribution in [-0.4, -0.2) is 23.3 Å². The lowest BCUT2D eigenvalue weighted by Crippen LogP contribution is -2.47. The molecule has 0 saturated heterocycles. The molecular weight excluding hydrogens is 260 g/mol. The molecule has 1 aliphatic rings. The van der Waals surface area contributed by atoms with Gasteiger partial charge in [-0.3, -0.25) is 9.80 Å². The van der Waals surface area contributed by atoms with E-state index in [0.717, 1.165) is 18.5 Å². The molecule has 1 aliphatic heterocycles. The highest BCUT2D eigenvalue weighted by Crippen LogP contribution is 2.24. The summed E-state index contributed by atoms with van der Waals surface area (Å²) < 4.78 is 8.58. The van der Waals surface area contributed by atoms with E-state index in [9.17, 15) is 4.79 Å². The zero-order chi connectivity index (χ0) is 14.6. The van der Waals surface area contributed by atoms with E-state index in [4.69, 9.17) is 13.0 Å². The van der Waals surface area contributed by atoms with E-state index in [2.05, 4.69) is 5.43 Å². The molecule has 0 fully saturated rings. The van der Waals surface area contributed by atoms with E-state index in [0.29, 0.717) is 18.0 Å². The van der Waals surface area contributed by atoms with Crippen LogP contribution in [0.1, 0.15) is 32.6 Å². The minimum absolute atomic E-state index is 0.246. The molecule has 0 saturated carbocycles. The average molecular weight is 280 g/mol. The molecule has 0 spiro atoms. The van der Waals surface area contributed by atoms with Crippen LogP contribution >= 0.6 is 11.6 Å². The number of nitrogens with one attached hydrogen (secondary N) is 1. The molecular formula is C15H19ClN2O. The number of carbonyl (C=O) groups excluding carboxylic acids is 1. The third-order valence-corrected chi connectivity index (χ3v) is 3.27. The van der Waals surface area contributed by atoms with Gasteiger partial charge in [-0.1, -0.05) is 30.3 Å². The number of hydrogen-bond acceptors (Lipinski definition) is 2. The van der Waals surface area contributed by atoms with Crippen molar-refractivity contribution in [3.63, 3.8) is 0 Å². The average Bonchev–Trinajstić information content (AvgIpc) is 2.45. The van der Waals surface area contributed by atoms with Gasteiger partial charge in [0.15, 0.2) is 0 Å². The maximum Gasteiger partial charge on any atom is 0.252 e. The Labute approximate surface area is 120 Å². The number of hydrazine groups is 1. The number of halogens is 1. The van der Waals surface area contributed by atoms with Gasteiger partial charge < -0.3 is 5.43 Å². The Bertz CT molecular complexity index is 506. The van der Waals surface area contributed by atoms with Crippen molar-refractivity contribution in [3.05, 3.63) is 47.7 Å². The standard InChI is InChI=1S/C15H19ClN2O/c1-12-11-14(13-7-3-2-4-8-13)15(19)18(17-12)10-6-5-9-16/h2-4,7-8,11,14,17H,5-6,9-10H2,1H3/i14D. The Morgan fingerprint density at radius 1 is 1.37 bits per heavy atom. The summed E-state index contributed by atoms with van der Waals surface area (Å²) in [5.41, 5.74) is 4.53. The van der Waals surface area contributed by atoms with E-state index in [1.165, 1.54) is 5.01 Å². The Morgan fingerprint density at radius 3 is 2.79 bits per heavy atom. The Hall–Kier alpha value is -1.48. The second-order valence-corrected chi connectivity index (χ2v) is 4.95. The predicted molar refractivity (Wildman–Crippen MR) is 77.7 cm³/mol. The normalized spacial score (nSPS) is 23.7. The molecule has 0 bridgehead atoms. The summed E-state index contributed by atoms with van der Waals surface area (Å²) in [7, 11) is 0. The molecule has 2 rings (SSSR count). The molecule has 102 valence electrons. The third kappa shape index (κ3) is 3.51. The molecule has 4 heteroatoms. The molecule has 1 aromatic rings. The number of carbonyl (C=O) groups is 1. The lowest BCUT2D eigenvalue weighted by molar-refractivity contribution is -0.135. The van der Waals surface area contributed by atoms with Gasteiger partial charge in [0.05, 0.1) is 5.89 Å². The fourth-order valence-electron chi connectivity index (χ4n) is 2.07. The Kier molecular flexibility index (Phi) is 4.37. The van der Waals surface area contributed by atoms with Gasteiger partial charge in [0.2, 0.25) is 0 Å². The van der Waals surface area contributed by atoms with Gasteiger partial charge in [-0.2, -0.15) is 0 Å². The third-order valence-electron chi connectivity index (χ3n) is 3.00. The lowest BCUT2D eigenvalue weighted by atomic mass is 9.95. The first-order chi connectivity index (χ1) is 9.58. The summed E-state index contributed by atoms with van der Waals surface area (Å²) in [5, 5.41) is 1.53. The first-order valence-corrected chi connectivity index (χ1v) is 7.01. The molecule has 0 aromatic heterocycles. The van der Waals surface area contributed by atoms with Crippen molar-refractivity contribution in [3.8, 4) is 0 Å². The predicted octanol–water partition coefficient (Wildman–Crippen LogP) is 3.04. The van der Waals surface area contributed by atoms with Crippen LogP contribution in [0.4, 0.5) is 0 Å². The number of amides is 1. The van der Waals surface area contributed by atoms with Crippen LogP contribution in [0.2, 0.25) is 0 Å². The van der Waals surface area contributed by atoms with Crippen LogP contribution in [-0.2, 0) is 4.79 Å². The molecule has 0 aliphatic carbocycles. The quantitative estimate of drug-likeness (QED) is 0.664. The summed E-state index contributed by atoms with van der Waals surface area (Å²) in [6, 6.07) is 9.21. The maximum atomic E-state index is 12.6. The minimum atomic E-state index is -1.35. The number of benzene rings is 1. The Balaban J connectivity index is 2.24. The summed E-state index contributed by atoms with van der Waals surface area (Å²) in [6.45, 7) is 2.43. The molecule has 0 radical (unpaired) electrons. The first kappa shape index (κ1) is 12.5. The van der Waals surface area contributed by atoms with Gasteiger partial charge in [0.25, 0.3) is 5.91 Å². The van der Waals surface area contributed by atoms with Crippen molar-refractivity contribution >= 4 is 17.5 Å². The smallest absolute Gasteiger partial charge is 0.252 e. The largest absolute Gasteiger partial charge is 0.301 e. The first-order valence-electron chi connectivity index (χ1n) is 6.97. The van der Waals surface area contributed by atoms with Crippen LogP contribution < -0.4 is 5.43 Å². The zero-order valence-electron chi connectivity index (χ0n) is 12.0. The fraction of sp³-hybridized carbons (Fsp3) is 0.400. The zero-order valence-corrected chi connectivity index (χ0v) is 11.8. The van der Waals surface area contributed by atoms with Crippen LogP contribution in [0, 0.1) is 0 Å². The molecule has 3 nitrogen and oxygen atoms in total. The van der Waals surface area contributed by atoms with Gasteiger partial charge in [-0.05, 0) is 31.4 Å². The van der Waals surface area contributed by atoms with Crippen LogP contribution in [0.15, 0.2) is 42.1 Å². The summed E-state index contributed by atoms with van der Waals surface area (Å²) in [6.07, 6.45) is 3.34. The van der Waals surface area contributed by atoms with Crippen LogP contribution in [0.3, 0.4) is 0 Å². The van der Waals surface area contributed by atoms with Gasteiger partial charge >= 0.3 is 0 Å². The molecule has 1 N–H and O–H groups in total. The minimum Gasteiger partial charge on any atom is -0.301 e. The molecule has 1 heterocycles. The maximum absolute atomic E-state index is 12.6. The van der Waals surface area contributed by atoms with Crippen molar-refractivity contribution in [2.75, 3.05) is 12.4 Å². The van der Waals surface area contributed by atoms with E-state index in [-0.39, 0.29) is 5.91 Å². The SMILES string of the molecule is [2H]C1(c2ccccc2)C=C(C)NN(CCCCCl)C1=O. The highest BCUT2D eigenvalue weighted by molar-refractivity contribution is 6.17. The number of hydrogen-bond donors (Lipinski definition) is 1. The van der Waals surface area contributed by atoms with Crippen LogP contribution in [0.25, 0.3) is 0 Å². The van der Waals surface area contributed by atoms with Crippen molar-refractivity contribution in [2.24, 2.45) is 0 Å². The summed E-state index contributed by atoms with van der Waals surface area (Å²) in [4.78, 5) is 12.6. The van der Waals surface area contributed by atoms with E-state index >= 15 is 0 Å². The molecule has 1 amide bonds. The molecule has 19 heavy (non-hydrogen) atoms. The highest BCUT2D eigenvalue weighted by Gasteiger charge is 2.27. The van der Waals surface area contributed by atoms with Crippen LogP contribution in [0.5, 0.6) is 0 Å². The summed E-state index contributed by atoms with van der Waals surface area (Å²) >= 11 is 5.66. The van der Waals surface area contributed by atoms with E-state index < -0.39 is 5.89 Å². The van der Waals surface area contributed by atoms with E-state index in [1.807, 2.05) is 37.3 Å². The number of unbranched alkanes of at least 4 members (excludes halogenated alkanes) is 1. The summed E-state index contributed by atoms with van der Waals surface area (Å²) in [5.74, 6) is -1.01. The highest BCUT2D eigenvalue weighted by atomic mass is 35.5. The van der Waals surface area contributed by atoms with Crippen molar-refractivity contribution in [1.82, 2.24) is 10.4 Å². The van der Waals surface area contributed by atoms with Crippen molar-refractivity contribution in [2.45, 2.75) is 25.7 Å². The number of alkyl halides is 1. The van der Waals surface area contributed by atoms with Crippen molar-refractivity contribution < 1.29 is 6.17 Å². The van der Waals surface area contributed by atoms with Gasteiger partial charge in [0, 0.05) is 19.5 Å². The Morgan fingerprint density at radius 2 is 2.11 bits per heavy atom. The molecule has 1 unspecified atom stereocenters. The monoisotopic (exact) mass is 279 g/mol.